The lowest BCUT2D eigenvalue weighted by Gasteiger charge is -2.18. The van der Waals surface area contributed by atoms with Crippen molar-refractivity contribution in [3.63, 3.8) is 0 Å². The van der Waals surface area contributed by atoms with Crippen LogP contribution < -0.4 is 5.73 Å². The molecule has 3 rings (SSSR count). The van der Waals surface area contributed by atoms with Gasteiger partial charge in [-0.05, 0) is 6.42 Å². The Kier molecular flexibility index (Phi) is 4.09. The summed E-state index contributed by atoms with van der Waals surface area (Å²) in [6.07, 6.45) is 1.39. The van der Waals surface area contributed by atoms with Gasteiger partial charge in [0.2, 0.25) is 0 Å². The van der Waals surface area contributed by atoms with Crippen LogP contribution in [0.2, 0.25) is 0 Å². The van der Waals surface area contributed by atoms with Gasteiger partial charge in [-0.3, -0.25) is 0 Å². The normalized spacial score (nSPS) is 29.6. The highest BCUT2D eigenvalue weighted by Crippen LogP contribution is 2.36. The van der Waals surface area contributed by atoms with E-state index in [1.54, 1.807) is 4.57 Å². The molecule has 1 saturated carbocycles. The van der Waals surface area contributed by atoms with Gasteiger partial charge >= 0.3 is 0 Å². The third-order valence-corrected chi connectivity index (χ3v) is 3.75. The van der Waals surface area contributed by atoms with Gasteiger partial charge in [0.1, 0.15) is 17.9 Å². The minimum absolute atomic E-state index is 0. The van der Waals surface area contributed by atoms with Crippen LogP contribution in [-0.2, 0) is 0 Å². The lowest BCUT2D eigenvalue weighted by Crippen LogP contribution is -2.30. The molecular weight excluding hydrogens is 286 g/mol. The van der Waals surface area contributed by atoms with E-state index in [4.69, 9.17) is 5.73 Å². The van der Waals surface area contributed by atoms with Crippen LogP contribution in [-0.4, -0.2) is 53.7 Å². The maximum absolute atomic E-state index is 10.1. The van der Waals surface area contributed by atoms with E-state index in [0.717, 1.165) is 0 Å². The molecule has 0 bridgehead atoms. The Morgan fingerprint density at radius 3 is 2.65 bits per heavy atom. The first-order valence-electron chi connectivity index (χ1n) is 6.03. The number of nitrogen functional groups attached to an aromatic ring is 1. The van der Waals surface area contributed by atoms with E-state index < -0.39 is 12.2 Å². The Labute approximate surface area is 120 Å². The minimum Gasteiger partial charge on any atom is -0.396 e. The van der Waals surface area contributed by atoms with E-state index in [1.807, 2.05) is 0 Å². The molecule has 0 amide bonds. The number of aliphatic hydroxyl groups excluding tert-OH is 3. The first kappa shape index (κ1) is 14.9. The van der Waals surface area contributed by atoms with Gasteiger partial charge in [0.25, 0.3) is 0 Å². The molecule has 2 aromatic rings. The number of aromatic nitrogens is 4. The zero-order chi connectivity index (χ0) is 13.6. The number of rotatable bonds is 2. The van der Waals surface area contributed by atoms with Crippen molar-refractivity contribution >= 4 is 29.4 Å². The van der Waals surface area contributed by atoms with Crippen LogP contribution in [0.3, 0.4) is 0 Å². The Balaban J connectivity index is 0.00000147. The van der Waals surface area contributed by atoms with E-state index in [-0.39, 0.29) is 36.8 Å². The topological polar surface area (TPSA) is 130 Å². The molecule has 0 aromatic carbocycles. The molecule has 0 aliphatic heterocycles. The lowest BCUT2D eigenvalue weighted by atomic mass is 10.1. The maximum Gasteiger partial charge on any atom is 0.165 e. The summed E-state index contributed by atoms with van der Waals surface area (Å²) in [7, 11) is 0. The highest BCUT2D eigenvalue weighted by molar-refractivity contribution is 5.85. The number of halogens is 1. The minimum atomic E-state index is -0.967. The summed E-state index contributed by atoms with van der Waals surface area (Å²) in [6, 6.07) is -0.383. The fraction of sp³-hybridized carbons (Fsp3) is 0.545. The van der Waals surface area contributed by atoms with E-state index in [1.165, 1.54) is 12.7 Å². The molecule has 0 saturated heterocycles. The van der Waals surface area contributed by atoms with Crippen molar-refractivity contribution in [1.82, 2.24) is 19.5 Å². The molecule has 0 unspecified atom stereocenters. The summed E-state index contributed by atoms with van der Waals surface area (Å²) >= 11 is 0. The van der Waals surface area contributed by atoms with Gasteiger partial charge in [-0.25, -0.2) is 15.0 Å². The Morgan fingerprint density at radius 1 is 1.25 bits per heavy atom. The smallest absolute Gasteiger partial charge is 0.165 e. The average Bonchev–Trinajstić information content (AvgIpc) is 2.94. The van der Waals surface area contributed by atoms with E-state index in [9.17, 15) is 15.3 Å². The first-order chi connectivity index (χ1) is 9.13. The number of hydrogen-bond donors (Lipinski definition) is 4. The molecule has 20 heavy (non-hydrogen) atoms. The van der Waals surface area contributed by atoms with Gasteiger partial charge in [0.05, 0.1) is 18.5 Å². The predicted octanol–water partition coefficient (Wildman–Crippen LogP) is -0.895. The second kappa shape index (κ2) is 5.49. The second-order valence-electron chi connectivity index (χ2n) is 4.81. The van der Waals surface area contributed by atoms with E-state index in [0.29, 0.717) is 17.6 Å². The first-order valence-corrected chi connectivity index (χ1v) is 6.03. The summed E-state index contributed by atoms with van der Waals surface area (Å²) in [5.41, 5.74) is 6.69. The van der Waals surface area contributed by atoms with Gasteiger partial charge in [-0.1, -0.05) is 0 Å². The SMILES string of the molecule is Cl.Nc1ncnc2c1ncn2[C@@H]1C[C@H](CO)[C@@H](O)[C@@H]1O. The highest BCUT2D eigenvalue weighted by atomic mass is 35.5. The number of imidazole rings is 1. The number of nitrogens with two attached hydrogens (primary N) is 1. The summed E-state index contributed by atoms with van der Waals surface area (Å²) < 4.78 is 1.68. The quantitative estimate of drug-likeness (QED) is 0.566. The summed E-state index contributed by atoms with van der Waals surface area (Å²) in [5.74, 6) is -0.0767. The molecular formula is C11H16ClN5O3. The van der Waals surface area contributed by atoms with Crippen LogP contribution in [0.15, 0.2) is 12.7 Å². The summed E-state index contributed by atoms with van der Waals surface area (Å²) in [5, 5.41) is 29.1. The highest BCUT2D eigenvalue weighted by Gasteiger charge is 2.42. The van der Waals surface area contributed by atoms with Gasteiger partial charge in [0, 0.05) is 12.5 Å². The molecule has 110 valence electrons. The van der Waals surface area contributed by atoms with Crippen molar-refractivity contribution in [3.8, 4) is 0 Å². The Bertz CT molecular complexity index is 607. The molecule has 2 aromatic heterocycles. The van der Waals surface area contributed by atoms with Crippen LogP contribution in [0.5, 0.6) is 0 Å². The van der Waals surface area contributed by atoms with Crippen LogP contribution in [0.25, 0.3) is 11.2 Å². The number of fused-ring (bicyclic) bond motifs is 1. The zero-order valence-electron chi connectivity index (χ0n) is 10.5. The average molecular weight is 302 g/mol. The van der Waals surface area contributed by atoms with Crippen molar-refractivity contribution in [2.45, 2.75) is 24.7 Å². The van der Waals surface area contributed by atoms with Crippen molar-refractivity contribution in [2.75, 3.05) is 12.3 Å². The number of anilines is 1. The fourth-order valence-corrected chi connectivity index (χ4v) is 2.67. The molecule has 8 nitrogen and oxygen atoms in total. The van der Waals surface area contributed by atoms with Crippen LogP contribution in [0.4, 0.5) is 5.82 Å². The van der Waals surface area contributed by atoms with Crippen LogP contribution in [0.1, 0.15) is 12.5 Å². The molecule has 1 aliphatic rings. The molecule has 4 atom stereocenters. The molecule has 5 N–H and O–H groups in total. The second-order valence-corrected chi connectivity index (χ2v) is 4.81. The zero-order valence-corrected chi connectivity index (χ0v) is 11.3. The molecule has 2 heterocycles. The maximum atomic E-state index is 10.1. The Morgan fingerprint density at radius 2 is 2.00 bits per heavy atom. The molecule has 0 radical (unpaired) electrons. The molecule has 1 aliphatic carbocycles. The van der Waals surface area contributed by atoms with E-state index >= 15 is 0 Å². The third kappa shape index (κ3) is 2.10. The van der Waals surface area contributed by atoms with Crippen LogP contribution >= 0.6 is 12.4 Å². The predicted molar refractivity (Wildman–Crippen MR) is 73.2 cm³/mol. The van der Waals surface area contributed by atoms with Crippen molar-refractivity contribution in [2.24, 2.45) is 5.92 Å². The largest absolute Gasteiger partial charge is 0.396 e. The molecule has 9 heteroatoms. The Hall–Kier alpha value is -1.48. The molecule has 0 spiro atoms. The number of hydrogen-bond acceptors (Lipinski definition) is 7. The van der Waals surface area contributed by atoms with Crippen molar-refractivity contribution < 1.29 is 15.3 Å². The summed E-state index contributed by atoms with van der Waals surface area (Å²) in [4.78, 5) is 12.1. The van der Waals surface area contributed by atoms with Crippen molar-refractivity contribution in [3.05, 3.63) is 12.7 Å². The summed E-state index contributed by atoms with van der Waals surface area (Å²) in [6.45, 7) is -0.168. The van der Waals surface area contributed by atoms with Gasteiger partial charge in [-0.2, -0.15) is 0 Å². The van der Waals surface area contributed by atoms with Gasteiger partial charge in [-0.15, -0.1) is 12.4 Å². The molecule has 1 fully saturated rings. The third-order valence-electron chi connectivity index (χ3n) is 3.75. The van der Waals surface area contributed by atoms with Gasteiger partial charge in [0.15, 0.2) is 11.5 Å². The number of nitrogens with zero attached hydrogens (tertiary/aromatic N) is 4. The van der Waals surface area contributed by atoms with Gasteiger partial charge < -0.3 is 25.6 Å². The van der Waals surface area contributed by atoms with E-state index in [2.05, 4.69) is 15.0 Å². The fourth-order valence-electron chi connectivity index (χ4n) is 2.67. The number of aliphatic hydroxyl groups is 3. The lowest BCUT2D eigenvalue weighted by molar-refractivity contribution is -0.00370. The van der Waals surface area contributed by atoms with Crippen molar-refractivity contribution in [1.29, 1.82) is 0 Å². The monoisotopic (exact) mass is 301 g/mol. The van der Waals surface area contributed by atoms with Crippen LogP contribution in [0, 0.1) is 5.92 Å². The standard InChI is InChI=1S/C11H15N5O3.ClH/c12-10-7-11(14-3-13-10)16(4-15-7)6-1-5(2-17)8(18)9(6)19;/h3-6,8-9,17-19H,1-2H2,(H2,12,13,14);1H/t5-,6-,8-,9-;/m1./s1.